The first-order valence-electron chi connectivity index (χ1n) is 8.26. The molecule has 1 saturated carbocycles. The van der Waals surface area contributed by atoms with Crippen LogP contribution in [-0.2, 0) is 0 Å². The second-order valence-electron chi connectivity index (χ2n) is 6.24. The van der Waals surface area contributed by atoms with Crippen molar-refractivity contribution in [2.75, 3.05) is 26.2 Å². The highest BCUT2D eigenvalue weighted by Gasteiger charge is 2.32. The lowest BCUT2D eigenvalue weighted by molar-refractivity contribution is 0.130. The van der Waals surface area contributed by atoms with Crippen molar-refractivity contribution < 1.29 is 9.13 Å². The van der Waals surface area contributed by atoms with Gasteiger partial charge in [-0.15, -0.1) is 0 Å². The quantitative estimate of drug-likeness (QED) is 0.921. The maximum Gasteiger partial charge on any atom is 0.190 e. The summed E-state index contributed by atoms with van der Waals surface area (Å²) < 4.78 is 18.8. The molecule has 121 valence electrons. The summed E-state index contributed by atoms with van der Waals surface area (Å²) in [6, 6.07) is 6.93. The molecular formula is C18H21FN3O. The maximum atomic E-state index is 13.0. The SMILES string of the molecule is Fc1ccc(OC2C=C[C]=C(N3CCN(C4CC4)CC3)N2)cc1. The van der Waals surface area contributed by atoms with Gasteiger partial charge in [-0.1, -0.05) is 0 Å². The third kappa shape index (κ3) is 3.50. The molecule has 4 nitrogen and oxygen atoms in total. The monoisotopic (exact) mass is 314 g/mol. The minimum absolute atomic E-state index is 0.252. The fourth-order valence-electron chi connectivity index (χ4n) is 3.10. The van der Waals surface area contributed by atoms with Crippen molar-refractivity contribution >= 4 is 0 Å². The number of benzene rings is 1. The molecule has 5 heteroatoms. The molecule has 2 heterocycles. The Balaban J connectivity index is 1.33. The van der Waals surface area contributed by atoms with Crippen LogP contribution in [0.2, 0.25) is 0 Å². The van der Waals surface area contributed by atoms with Crippen LogP contribution in [0.1, 0.15) is 12.8 Å². The van der Waals surface area contributed by atoms with Crippen molar-refractivity contribution in [3.63, 3.8) is 0 Å². The molecule has 3 aliphatic rings. The van der Waals surface area contributed by atoms with E-state index in [4.69, 9.17) is 4.74 Å². The van der Waals surface area contributed by atoms with Crippen LogP contribution in [0.4, 0.5) is 4.39 Å². The Morgan fingerprint density at radius 1 is 1.09 bits per heavy atom. The number of rotatable bonds is 4. The van der Waals surface area contributed by atoms with Gasteiger partial charge in [0.15, 0.2) is 6.23 Å². The largest absolute Gasteiger partial charge is 0.467 e. The summed E-state index contributed by atoms with van der Waals surface area (Å²) >= 11 is 0. The second-order valence-corrected chi connectivity index (χ2v) is 6.24. The van der Waals surface area contributed by atoms with Crippen LogP contribution in [0.5, 0.6) is 5.75 Å². The van der Waals surface area contributed by atoms with Crippen molar-refractivity contribution in [1.29, 1.82) is 0 Å². The summed E-state index contributed by atoms with van der Waals surface area (Å²) in [5.41, 5.74) is 0. The van der Waals surface area contributed by atoms with E-state index < -0.39 is 0 Å². The molecule has 1 N–H and O–H groups in total. The Labute approximate surface area is 136 Å². The molecule has 1 aromatic carbocycles. The lowest BCUT2D eigenvalue weighted by Crippen LogP contribution is -2.50. The van der Waals surface area contributed by atoms with E-state index >= 15 is 0 Å². The Morgan fingerprint density at radius 2 is 1.83 bits per heavy atom. The summed E-state index contributed by atoms with van der Waals surface area (Å²) in [6.07, 6.45) is 9.55. The minimum Gasteiger partial charge on any atom is -0.467 e. The molecule has 4 rings (SSSR count). The molecule has 0 spiro atoms. The predicted octanol–water partition coefficient (Wildman–Crippen LogP) is 2.11. The molecule has 0 aromatic heterocycles. The first-order chi connectivity index (χ1) is 11.3. The van der Waals surface area contributed by atoms with Gasteiger partial charge in [0.05, 0.1) is 0 Å². The van der Waals surface area contributed by atoms with E-state index in [1.54, 1.807) is 12.1 Å². The van der Waals surface area contributed by atoms with Crippen LogP contribution in [0.25, 0.3) is 0 Å². The van der Waals surface area contributed by atoms with Gasteiger partial charge in [-0.05, 0) is 49.3 Å². The highest BCUT2D eigenvalue weighted by atomic mass is 19.1. The average molecular weight is 314 g/mol. The van der Waals surface area contributed by atoms with E-state index in [1.165, 1.54) is 25.0 Å². The Bertz CT molecular complexity index is 601. The molecule has 1 aromatic rings. The van der Waals surface area contributed by atoms with Crippen molar-refractivity contribution in [1.82, 2.24) is 15.1 Å². The summed E-state index contributed by atoms with van der Waals surface area (Å²) in [6.45, 7) is 4.27. The topological polar surface area (TPSA) is 27.7 Å². The number of piperazine rings is 1. The zero-order valence-electron chi connectivity index (χ0n) is 13.0. The number of nitrogens with one attached hydrogen (secondary N) is 1. The van der Waals surface area contributed by atoms with Gasteiger partial charge < -0.3 is 15.0 Å². The molecule has 1 radical (unpaired) electrons. The molecule has 23 heavy (non-hydrogen) atoms. The zero-order valence-corrected chi connectivity index (χ0v) is 13.0. The summed E-state index contributed by atoms with van der Waals surface area (Å²) in [5.74, 6) is 1.37. The summed E-state index contributed by atoms with van der Waals surface area (Å²) in [5, 5.41) is 3.36. The molecule has 0 bridgehead atoms. The lowest BCUT2D eigenvalue weighted by atomic mass is 10.2. The van der Waals surface area contributed by atoms with Crippen LogP contribution in [0.15, 0.2) is 42.2 Å². The Hall–Kier alpha value is -2.01. The third-order valence-corrected chi connectivity index (χ3v) is 4.54. The number of hydrogen-bond donors (Lipinski definition) is 1. The van der Waals surface area contributed by atoms with Crippen molar-refractivity contribution in [3.8, 4) is 5.75 Å². The first kappa shape index (κ1) is 14.6. The van der Waals surface area contributed by atoms with Gasteiger partial charge in [0, 0.05) is 38.3 Å². The number of allylic oxidation sites excluding steroid dienone is 2. The molecule has 2 fully saturated rings. The van der Waals surface area contributed by atoms with E-state index in [-0.39, 0.29) is 12.0 Å². The molecule has 1 unspecified atom stereocenters. The van der Waals surface area contributed by atoms with Crippen molar-refractivity contribution in [3.05, 3.63) is 54.1 Å². The number of hydrogen-bond acceptors (Lipinski definition) is 4. The van der Waals surface area contributed by atoms with Crippen molar-refractivity contribution in [2.24, 2.45) is 0 Å². The van der Waals surface area contributed by atoms with Crippen LogP contribution in [0, 0.1) is 11.9 Å². The van der Waals surface area contributed by atoms with Crippen molar-refractivity contribution in [2.45, 2.75) is 25.1 Å². The van der Waals surface area contributed by atoms with Gasteiger partial charge in [-0.2, -0.15) is 0 Å². The van der Waals surface area contributed by atoms with Crippen LogP contribution in [-0.4, -0.2) is 48.2 Å². The summed E-state index contributed by atoms with van der Waals surface area (Å²) in [7, 11) is 0. The van der Waals surface area contributed by atoms with Gasteiger partial charge >= 0.3 is 0 Å². The van der Waals surface area contributed by atoms with Gasteiger partial charge in [0.2, 0.25) is 0 Å². The van der Waals surface area contributed by atoms with Gasteiger partial charge in [-0.3, -0.25) is 4.90 Å². The van der Waals surface area contributed by atoms with Gasteiger partial charge in [0.1, 0.15) is 17.4 Å². The van der Waals surface area contributed by atoms with E-state index in [0.29, 0.717) is 5.75 Å². The average Bonchev–Trinajstić information content (AvgIpc) is 3.43. The molecule has 0 amide bonds. The van der Waals surface area contributed by atoms with Gasteiger partial charge in [-0.25, -0.2) is 4.39 Å². The fourth-order valence-corrected chi connectivity index (χ4v) is 3.10. The lowest BCUT2D eigenvalue weighted by Gasteiger charge is -2.38. The summed E-state index contributed by atoms with van der Waals surface area (Å²) in [4.78, 5) is 4.91. The fraction of sp³-hybridized carbons (Fsp3) is 0.444. The second kappa shape index (κ2) is 6.24. The van der Waals surface area contributed by atoms with Gasteiger partial charge in [0.25, 0.3) is 0 Å². The zero-order chi connectivity index (χ0) is 15.6. The van der Waals surface area contributed by atoms with Crippen LogP contribution in [0.3, 0.4) is 0 Å². The van der Waals surface area contributed by atoms with E-state index in [1.807, 2.05) is 12.2 Å². The van der Waals surface area contributed by atoms with E-state index in [0.717, 1.165) is 38.0 Å². The molecule has 1 atom stereocenters. The normalized spacial score (nSPS) is 25.0. The first-order valence-corrected chi connectivity index (χ1v) is 8.26. The molecule has 1 saturated heterocycles. The number of nitrogens with zero attached hydrogens (tertiary/aromatic N) is 2. The van der Waals surface area contributed by atoms with E-state index in [2.05, 4.69) is 21.2 Å². The predicted molar refractivity (Wildman–Crippen MR) is 86.0 cm³/mol. The third-order valence-electron chi connectivity index (χ3n) is 4.54. The Kier molecular flexibility index (Phi) is 3.95. The van der Waals surface area contributed by atoms with Crippen LogP contribution < -0.4 is 10.1 Å². The highest BCUT2D eigenvalue weighted by Crippen LogP contribution is 2.28. The minimum atomic E-state index is -0.257. The standard InChI is InChI=1S/C18H21FN3O/c19-14-4-8-16(9-5-14)23-18-3-1-2-17(20-18)22-12-10-21(11-13-22)15-6-7-15/h1,3-5,8-9,15,18,20H,6-7,10-13H2. The number of dihydropyridines is 1. The molecule has 2 aliphatic heterocycles. The van der Waals surface area contributed by atoms with E-state index in [9.17, 15) is 4.39 Å². The smallest absolute Gasteiger partial charge is 0.190 e. The Morgan fingerprint density at radius 3 is 2.52 bits per heavy atom. The number of ether oxygens (including phenoxy) is 1. The maximum absolute atomic E-state index is 13.0. The number of halogens is 1. The van der Waals surface area contributed by atoms with Crippen LogP contribution >= 0.6 is 0 Å². The molecular weight excluding hydrogens is 293 g/mol. The molecule has 1 aliphatic carbocycles. The highest BCUT2D eigenvalue weighted by molar-refractivity contribution is 5.24.